The van der Waals surface area contributed by atoms with Crippen LogP contribution in [0.25, 0.3) is 0 Å². The van der Waals surface area contributed by atoms with Crippen LogP contribution in [-0.2, 0) is 17.9 Å². The lowest BCUT2D eigenvalue weighted by Crippen LogP contribution is -2.33. The number of nitrogens with one attached hydrogen (secondary N) is 1. The average Bonchev–Trinajstić information content (AvgIpc) is 2.91. The summed E-state index contributed by atoms with van der Waals surface area (Å²) in [6.07, 6.45) is -0.610. The number of ether oxygens (including phenoxy) is 1. The number of nitrogens with zero attached hydrogens (tertiary/aromatic N) is 4. The Morgan fingerprint density at radius 1 is 1.50 bits per heavy atom. The van der Waals surface area contributed by atoms with Crippen LogP contribution in [0.4, 0.5) is 0 Å². The van der Waals surface area contributed by atoms with E-state index in [1.807, 2.05) is 0 Å². The molecule has 9 heteroatoms. The van der Waals surface area contributed by atoms with Gasteiger partial charge in [0.1, 0.15) is 18.9 Å². The molecule has 0 aliphatic carbocycles. The number of aliphatic hydroxyl groups excluding tert-OH is 1. The number of para-hydroxylation sites is 1. The van der Waals surface area contributed by atoms with Crippen LogP contribution < -0.4 is 10.1 Å². The van der Waals surface area contributed by atoms with Gasteiger partial charge in [0, 0.05) is 6.54 Å². The van der Waals surface area contributed by atoms with Gasteiger partial charge in [-0.25, -0.2) is 4.68 Å². The van der Waals surface area contributed by atoms with Crippen LogP contribution in [0.3, 0.4) is 0 Å². The zero-order valence-corrected chi connectivity index (χ0v) is 12.7. The quantitative estimate of drug-likeness (QED) is 0.764. The number of hydrogen-bond acceptors (Lipinski definition) is 6. The van der Waals surface area contributed by atoms with Gasteiger partial charge in [-0.1, -0.05) is 23.7 Å². The number of benzene rings is 1. The summed E-state index contributed by atoms with van der Waals surface area (Å²) in [5.74, 6) is 0.608. The van der Waals surface area contributed by atoms with Gasteiger partial charge in [-0.2, -0.15) is 0 Å². The molecule has 2 N–H and O–H groups in total. The molecule has 2 rings (SSSR count). The molecule has 1 atom stereocenters. The fraction of sp³-hybridized carbons (Fsp3) is 0.385. The van der Waals surface area contributed by atoms with Crippen molar-refractivity contribution in [3.05, 3.63) is 35.1 Å². The Morgan fingerprint density at radius 3 is 3.00 bits per heavy atom. The van der Waals surface area contributed by atoms with Crippen molar-refractivity contribution in [2.75, 3.05) is 6.54 Å². The van der Waals surface area contributed by atoms with E-state index < -0.39 is 6.10 Å². The molecule has 118 valence electrons. The number of carbonyl (C=O) groups excluding carboxylic acids is 1. The fourth-order valence-electron chi connectivity index (χ4n) is 1.61. The molecule has 1 unspecified atom stereocenters. The minimum atomic E-state index is -0.610. The predicted molar refractivity (Wildman–Crippen MR) is 78.3 cm³/mol. The lowest BCUT2D eigenvalue weighted by molar-refractivity contribution is -0.122. The van der Waals surface area contributed by atoms with Crippen molar-refractivity contribution in [2.45, 2.75) is 26.2 Å². The summed E-state index contributed by atoms with van der Waals surface area (Å²) in [6, 6.07) is 7.04. The van der Waals surface area contributed by atoms with Crippen LogP contribution in [0.1, 0.15) is 12.7 Å². The van der Waals surface area contributed by atoms with Crippen LogP contribution in [0.5, 0.6) is 5.75 Å². The molecule has 0 saturated heterocycles. The molecule has 0 fully saturated rings. The summed E-state index contributed by atoms with van der Waals surface area (Å²) < 4.78 is 6.86. The number of tetrazole rings is 1. The molecule has 0 radical (unpaired) electrons. The molecule has 0 aliphatic rings. The van der Waals surface area contributed by atoms with Crippen LogP contribution >= 0.6 is 11.6 Å². The van der Waals surface area contributed by atoms with E-state index >= 15 is 0 Å². The van der Waals surface area contributed by atoms with Gasteiger partial charge in [0.15, 0.2) is 5.82 Å². The molecule has 1 aromatic carbocycles. The Balaban J connectivity index is 1.92. The maximum absolute atomic E-state index is 11.7. The molecule has 0 bridgehead atoms. The molecular weight excluding hydrogens is 310 g/mol. The molecular formula is C13H16ClN5O3. The summed E-state index contributed by atoms with van der Waals surface area (Å²) in [6.45, 7) is 1.79. The molecule has 0 saturated carbocycles. The average molecular weight is 326 g/mol. The Labute approximate surface area is 132 Å². The van der Waals surface area contributed by atoms with Gasteiger partial charge in [0.2, 0.25) is 5.91 Å². The normalized spacial score (nSPS) is 12.0. The molecule has 1 amide bonds. The molecule has 1 aromatic heterocycles. The summed E-state index contributed by atoms with van der Waals surface area (Å²) >= 11 is 5.99. The second-order valence-corrected chi connectivity index (χ2v) is 5.03. The smallest absolute Gasteiger partial charge is 0.241 e. The van der Waals surface area contributed by atoms with E-state index in [0.29, 0.717) is 16.6 Å². The number of hydrogen-bond donors (Lipinski definition) is 2. The highest BCUT2D eigenvalue weighted by Crippen LogP contribution is 2.23. The molecule has 0 aliphatic heterocycles. The Morgan fingerprint density at radius 2 is 2.27 bits per heavy atom. The van der Waals surface area contributed by atoms with Crippen LogP contribution in [0.15, 0.2) is 24.3 Å². The van der Waals surface area contributed by atoms with Crippen LogP contribution in [0, 0.1) is 0 Å². The number of aromatic nitrogens is 4. The first kappa shape index (κ1) is 16.2. The highest BCUT2D eigenvalue weighted by molar-refractivity contribution is 6.32. The van der Waals surface area contributed by atoms with Crippen LogP contribution in [0.2, 0.25) is 5.02 Å². The fourth-order valence-corrected chi connectivity index (χ4v) is 1.80. The third-order valence-corrected chi connectivity index (χ3v) is 3.00. The second kappa shape index (κ2) is 7.71. The summed E-state index contributed by atoms with van der Waals surface area (Å²) in [7, 11) is 0. The van der Waals surface area contributed by atoms with Crippen molar-refractivity contribution in [3.63, 3.8) is 0 Å². The number of amides is 1. The van der Waals surface area contributed by atoms with Gasteiger partial charge >= 0.3 is 0 Å². The van der Waals surface area contributed by atoms with Crippen molar-refractivity contribution >= 4 is 17.5 Å². The van der Waals surface area contributed by atoms with Gasteiger partial charge in [-0.05, 0) is 29.5 Å². The Hall–Kier alpha value is -2.19. The lowest BCUT2D eigenvalue weighted by Gasteiger charge is -2.09. The van der Waals surface area contributed by atoms with E-state index in [9.17, 15) is 4.79 Å². The van der Waals surface area contributed by atoms with Gasteiger partial charge in [0.05, 0.1) is 11.1 Å². The molecule has 1 heterocycles. The molecule has 2 aromatic rings. The minimum Gasteiger partial charge on any atom is -0.484 e. The van der Waals surface area contributed by atoms with Crippen LogP contribution in [-0.4, -0.2) is 43.9 Å². The lowest BCUT2D eigenvalue weighted by atomic mass is 10.3. The van der Waals surface area contributed by atoms with E-state index in [1.54, 1.807) is 31.2 Å². The molecule has 0 spiro atoms. The highest BCUT2D eigenvalue weighted by Gasteiger charge is 2.12. The maximum atomic E-state index is 11.7. The number of carbonyl (C=O) groups is 1. The van der Waals surface area contributed by atoms with E-state index in [-0.39, 0.29) is 25.6 Å². The van der Waals surface area contributed by atoms with Crippen molar-refractivity contribution in [1.82, 2.24) is 25.5 Å². The monoisotopic (exact) mass is 325 g/mol. The Bertz CT molecular complexity index is 632. The summed E-state index contributed by atoms with van der Waals surface area (Å²) in [4.78, 5) is 11.7. The standard InChI is InChI=1S/C13H16ClN5O3/c1-9(20)6-15-13(21)7-19-12(16-17-18-19)8-22-11-5-3-2-4-10(11)14/h2-5,9,20H,6-8H2,1H3,(H,15,21). The zero-order valence-electron chi connectivity index (χ0n) is 11.9. The minimum absolute atomic E-state index is 0.0546. The number of rotatable bonds is 7. The van der Waals surface area contributed by atoms with E-state index in [4.69, 9.17) is 21.4 Å². The number of aliphatic hydroxyl groups is 1. The SMILES string of the molecule is CC(O)CNC(=O)Cn1nnnc1COc1ccccc1Cl. The first-order valence-corrected chi connectivity index (χ1v) is 7.01. The van der Waals surface area contributed by atoms with E-state index in [0.717, 1.165) is 0 Å². The first-order valence-electron chi connectivity index (χ1n) is 6.63. The largest absolute Gasteiger partial charge is 0.484 e. The van der Waals surface area contributed by atoms with Gasteiger partial charge in [-0.3, -0.25) is 4.79 Å². The topological polar surface area (TPSA) is 102 Å². The predicted octanol–water partition coefficient (Wildman–Crippen LogP) is 0.403. The summed E-state index contributed by atoms with van der Waals surface area (Å²) in [5, 5.41) is 23.2. The van der Waals surface area contributed by atoms with E-state index in [1.165, 1.54) is 4.68 Å². The van der Waals surface area contributed by atoms with E-state index in [2.05, 4.69) is 20.8 Å². The highest BCUT2D eigenvalue weighted by atomic mass is 35.5. The van der Waals surface area contributed by atoms with Crippen molar-refractivity contribution in [3.8, 4) is 5.75 Å². The molecule has 8 nitrogen and oxygen atoms in total. The van der Waals surface area contributed by atoms with Crippen molar-refractivity contribution < 1.29 is 14.6 Å². The third kappa shape index (κ3) is 4.68. The van der Waals surface area contributed by atoms with Gasteiger partial charge < -0.3 is 15.2 Å². The third-order valence-electron chi connectivity index (χ3n) is 2.69. The van der Waals surface area contributed by atoms with Crippen molar-refractivity contribution in [2.24, 2.45) is 0 Å². The van der Waals surface area contributed by atoms with Crippen molar-refractivity contribution in [1.29, 1.82) is 0 Å². The van der Waals surface area contributed by atoms with Gasteiger partial charge in [-0.15, -0.1) is 5.10 Å². The zero-order chi connectivity index (χ0) is 15.9. The Kier molecular flexibility index (Phi) is 5.68. The molecule has 22 heavy (non-hydrogen) atoms. The second-order valence-electron chi connectivity index (χ2n) is 4.62. The number of halogens is 1. The maximum Gasteiger partial charge on any atom is 0.241 e. The van der Waals surface area contributed by atoms with Gasteiger partial charge in [0.25, 0.3) is 0 Å². The first-order chi connectivity index (χ1) is 10.6. The summed E-state index contributed by atoms with van der Waals surface area (Å²) in [5.41, 5.74) is 0.